The first kappa shape index (κ1) is 61.8. The molecule has 68 heavy (non-hydrogen) atoms. The molecule has 0 bridgehead atoms. The Morgan fingerprint density at radius 2 is 1.01 bits per heavy atom. The summed E-state index contributed by atoms with van der Waals surface area (Å²) in [6, 6.07) is -11.5. The van der Waals surface area contributed by atoms with Gasteiger partial charge in [-0.3, -0.25) is 53.1 Å². The molecule has 9 amide bonds. The van der Waals surface area contributed by atoms with Crippen molar-refractivity contribution < 1.29 is 58.2 Å². The first-order chi connectivity index (χ1) is 31.9. The molecule has 0 aromatic rings. The van der Waals surface area contributed by atoms with Gasteiger partial charge in [-0.1, -0.05) is 0 Å². The van der Waals surface area contributed by atoms with Gasteiger partial charge in [0, 0.05) is 24.6 Å². The van der Waals surface area contributed by atoms with Crippen molar-refractivity contribution >= 4 is 96.3 Å². The Hall–Kier alpha value is -6.18. The Balaban J connectivity index is 6.53. The van der Waals surface area contributed by atoms with Crippen molar-refractivity contribution in [1.29, 1.82) is 0 Å². The van der Waals surface area contributed by atoms with Crippen LogP contribution in [0.25, 0.3) is 0 Å². The SMILES string of the molecule is C[C@H](NC(=O)[C@H](CCCCN)NC(=O)[C@@H](NC(=O)[C@H](CCCN=C(N)N)NC(=O)[C@H](CCCN=C(N)N)NC(=O)[C@H](CC(N)=O)NC(=O)[C@@H](N)CS)[C@@H](C)O)C(=O)NCC(=O)N[C@@H](CS)C(=O)O. The number of primary amides is 1. The van der Waals surface area contributed by atoms with Crippen molar-refractivity contribution in [1.82, 2.24) is 42.5 Å². The van der Waals surface area contributed by atoms with Crippen LogP contribution in [0.15, 0.2) is 9.98 Å². The number of carbonyl (C=O) groups is 10. The smallest absolute Gasteiger partial charge is 0.327 e. The molecule has 0 aromatic heterocycles. The van der Waals surface area contributed by atoms with Gasteiger partial charge in [0.05, 0.1) is 25.1 Å². The first-order valence-corrected chi connectivity index (χ1v) is 22.5. The average molecular weight is 1010 g/mol. The van der Waals surface area contributed by atoms with Crippen LogP contribution >= 0.6 is 25.3 Å². The minimum atomic E-state index is -1.77. The predicted molar refractivity (Wildman–Crippen MR) is 254 cm³/mol. The summed E-state index contributed by atoms with van der Waals surface area (Å²) >= 11 is 7.80. The van der Waals surface area contributed by atoms with Gasteiger partial charge in [0.1, 0.15) is 42.3 Å². The van der Waals surface area contributed by atoms with E-state index in [0.717, 1.165) is 6.92 Å². The van der Waals surface area contributed by atoms with Crippen LogP contribution in [-0.4, -0.2) is 173 Å². The standard InChI is InChI=1S/C37H69N17O12S2/c1-17(28(58)47-14-26(57)49-24(16-68)35(65)66)48-30(60)20(7-3-4-10-38)52-34(64)27(18(2)55)54-32(62)22(9-6-12-46-37(43)44)50-31(61)21(8-5-11-45-36(41)42)51-33(63)23(13-25(40)56)53-29(59)19(39)15-67/h17-24,27,55,67-68H,3-16,38-39H2,1-2H3,(H2,40,56)(H,47,58)(H,48,60)(H,49,57)(H,50,61)(H,51,63)(H,52,64)(H,53,59)(H,54,62)(H,65,66)(H4,41,42,45)(H4,43,44,46)/t17-,18+,19-,20-,21-,22-,23-,24-,27-/m0/s1. The number of guanidine groups is 2. The molecular formula is C37H69N17O12S2. The summed E-state index contributed by atoms with van der Waals surface area (Å²) in [6.45, 7) is 1.96. The number of carbonyl (C=O) groups excluding carboxylic acids is 9. The number of aliphatic carboxylic acids is 1. The maximum Gasteiger partial charge on any atom is 0.327 e. The minimum absolute atomic E-state index is 0.0164. The number of unbranched alkanes of at least 4 members (excludes halogenated alkanes) is 1. The van der Waals surface area contributed by atoms with Gasteiger partial charge in [-0.25, -0.2) is 4.79 Å². The molecule has 0 spiro atoms. The fourth-order valence-electron chi connectivity index (χ4n) is 5.67. The molecule has 31 heteroatoms. The monoisotopic (exact) mass is 1010 g/mol. The van der Waals surface area contributed by atoms with Gasteiger partial charge in [-0.15, -0.1) is 0 Å². The van der Waals surface area contributed by atoms with E-state index < -0.39 is 127 Å². The molecule has 0 rings (SSSR count). The van der Waals surface area contributed by atoms with Crippen LogP contribution < -0.4 is 82.7 Å². The molecule has 0 saturated carbocycles. The van der Waals surface area contributed by atoms with E-state index in [-0.39, 0.29) is 75.2 Å². The van der Waals surface area contributed by atoms with Gasteiger partial charge >= 0.3 is 5.97 Å². The predicted octanol–water partition coefficient (Wildman–Crippen LogP) is -8.72. The molecule has 24 N–H and O–H groups in total. The molecule has 386 valence electrons. The maximum absolute atomic E-state index is 14.0. The lowest BCUT2D eigenvalue weighted by molar-refractivity contribution is -0.141. The molecule has 0 aliphatic carbocycles. The number of nitrogens with zero attached hydrogens (tertiary/aromatic N) is 2. The molecule has 29 nitrogen and oxygen atoms in total. The number of amides is 9. The second-order valence-corrected chi connectivity index (χ2v) is 15.9. The van der Waals surface area contributed by atoms with Crippen LogP contribution in [0.4, 0.5) is 0 Å². The van der Waals surface area contributed by atoms with E-state index in [4.69, 9.17) is 45.2 Å². The zero-order valence-corrected chi connectivity index (χ0v) is 39.7. The number of aliphatic hydroxyl groups is 1. The van der Waals surface area contributed by atoms with E-state index in [9.17, 15) is 53.1 Å². The van der Waals surface area contributed by atoms with Crippen molar-refractivity contribution in [3.63, 3.8) is 0 Å². The summed E-state index contributed by atoms with van der Waals surface area (Å²) in [6.07, 6.45) is -1.88. The molecule has 0 aliphatic rings. The summed E-state index contributed by atoms with van der Waals surface area (Å²) in [5.41, 5.74) is 38.3. The van der Waals surface area contributed by atoms with Crippen LogP contribution in [0.2, 0.25) is 0 Å². The molecule has 0 fully saturated rings. The third-order valence-corrected chi connectivity index (χ3v) is 10.1. The van der Waals surface area contributed by atoms with Gasteiger partial charge in [0.15, 0.2) is 11.9 Å². The summed E-state index contributed by atoms with van der Waals surface area (Å²) < 4.78 is 0. The van der Waals surface area contributed by atoms with Gasteiger partial charge in [-0.05, 0) is 65.3 Å². The second kappa shape index (κ2) is 33.3. The highest BCUT2D eigenvalue weighted by Gasteiger charge is 2.35. The number of nitrogens with two attached hydrogens (primary N) is 7. The topological polar surface area (TPSA) is 514 Å². The third-order valence-electron chi connectivity index (χ3n) is 9.36. The van der Waals surface area contributed by atoms with E-state index in [1.54, 1.807) is 0 Å². The lowest BCUT2D eigenvalue weighted by Gasteiger charge is -2.28. The van der Waals surface area contributed by atoms with Crippen molar-refractivity contribution in [2.75, 3.05) is 37.7 Å². The molecule has 0 saturated heterocycles. The normalized spacial score (nSPS) is 14.8. The zero-order valence-electron chi connectivity index (χ0n) is 37.9. The van der Waals surface area contributed by atoms with E-state index in [0.29, 0.717) is 12.8 Å². The van der Waals surface area contributed by atoms with E-state index >= 15 is 0 Å². The Morgan fingerprint density at radius 3 is 1.46 bits per heavy atom. The number of rotatable bonds is 34. The van der Waals surface area contributed by atoms with Gasteiger partial charge < -0.3 is 92.9 Å². The summed E-state index contributed by atoms with van der Waals surface area (Å²) in [5, 5.41) is 38.7. The molecule has 0 aromatic carbocycles. The van der Waals surface area contributed by atoms with Gasteiger partial charge in [-0.2, -0.15) is 25.3 Å². The van der Waals surface area contributed by atoms with Crippen LogP contribution in [0.5, 0.6) is 0 Å². The number of hydrogen-bond donors (Lipinski definition) is 19. The Morgan fingerprint density at radius 1 is 0.559 bits per heavy atom. The van der Waals surface area contributed by atoms with Crippen molar-refractivity contribution in [3.8, 4) is 0 Å². The van der Waals surface area contributed by atoms with E-state index in [2.05, 4.69) is 77.8 Å². The van der Waals surface area contributed by atoms with Crippen LogP contribution in [0.1, 0.15) is 65.2 Å². The second-order valence-electron chi connectivity index (χ2n) is 15.2. The van der Waals surface area contributed by atoms with Crippen molar-refractivity contribution in [3.05, 3.63) is 0 Å². The van der Waals surface area contributed by atoms with Gasteiger partial charge in [0.2, 0.25) is 53.2 Å². The highest BCUT2D eigenvalue weighted by molar-refractivity contribution is 7.80. The quantitative estimate of drug-likeness (QED) is 0.0123. The van der Waals surface area contributed by atoms with Crippen LogP contribution in [-0.2, 0) is 47.9 Å². The molecule has 0 radical (unpaired) electrons. The van der Waals surface area contributed by atoms with Crippen molar-refractivity contribution in [2.24, 2.45) is 50.1 Å². The fraction of sp³-hybridized carbons (Fsp3) is 0.676. The highest BCUT2D eigenvalue weighted by atomic mass is 32.1. The largest absolute Gasteiger partial charge is 0.480 e. The molecule has 9 atom stereocenters. The molecule has 0 aliphatic heterocycles. The zero-order chi connectivity index (χ0) is 52.1. The Labute approximate surface area is 403 Å². The minimum Gasteiger partial charge on any atom is -0.480 e. The molecule has 0 heterocycles. The van der Waals surface area contributed by atoms with E-state index in [1.807, 2.05) is 0 Å². The molecular weight excluding hydrogens is 939 g/mol. The maximum atomic E-state index is 14.0. The van der Waals surface area contributed by atoms with Crippen LogP contribution in [0, 0.1) is 0 Å². The summed E-state index contributed by atoms with van der Waals surface area (Å²) in [5.74, 6) is -10.8. The summed E-state index contributed by atoms with van der Waals surface area (Å²) in [7, 11) is 0. The van der Waals surface area contributed by atoms with Crippen LogP contribution in [0.3, 0.4) is 0 Å². The number of thiol groups is 2. The number of carboxylic acid groups (broad SMARTS) is 1. The fourth-order valence-corrected chi connectivity index (χ4v) is 6.09. The number of carboxylic acids is 1. The Bertz CT molecular complexity index is 1790. The lowest BCUT2D eigenvalue weighted by atomic mass is 10.0. The van der Waals surface area contributed by atoms with E-state index in [1.165, 1.54) is 6.92 Å². The van der Waals surface area contributed by atoms with Crippen molar-refractivity contribution in [2.45, 2.75) is 120 Å². The number of aliphatic hydroxyl groups excluding tert-OH is 1. The van der Waals surface area contributed by atoms with Gasteiger partial charge in [0.25, 0.3) is 0 Å². The Kier molecular flexibility index (Phi) is 30.3. The third kappa shape index (κ3) is 25.7. The summed E-state index contributed by atoms with van der Waals surface area (Å²) in [4.78, 5) is 137. The highest BCUT2D eigenvalue weighted by Crippen LogP contribution is 2.08. The number of hydrogen-bond acceptors (Lipinski definition) is 17. The first-order valence-electron chi connectivity index (χ1n) is 21.2. The number of aliphatic imine (C=N–C) groups is 2. The molecule has 0 unspecified atom stereocenters. The average Bonchev–Trinajstić information content (AvgIpc) is 3.26. The number of nitrogens with one attached hydrogen (secondary N) is 8. The lowest BCUT2D eigenvalue weighted by Crippen LogP contribution is -2.61.